The minimum atomic E-state index is -0.998. The van der Waals surface area contributed by atoms with Gasteiger partial charge in [0.25, 0.3) is 0 Å². The van der Waals surface area contributed by atoms with Gasteiger partial charge in [0.2, 0.25) is 5.91 Å². The SMILES string of the molecule is O=C(CCNCc1ccc(-c2ccccc2)c(Cl)c1)NCCCNc1nc2cc(C(=O)O)ccc2c2cnccc12. The first-order valence-electron chi connectivity index (χ1n) is 13.5. The van der Waals surface area contributed by atoms with Gasteiger partial charge >= 0.3 is 5.97 Å². The topological polar surface area (TPSA) is 116 Å². The highest BCUT2D eigenvalue weighted by molar-refractivity contribution is 6.33. The van der Waals surface area contributed by atoms with Gasteiger partial charge in [-0.2, -0.15) is 0 Å². The van der Waals surface area contributed by atoms with Crippen LogP contribution in [0.25, 0.3) is 32.8 Å². The molecule has 5 aromatic rings. The molecule has 3 aromatic carbocycles. The molecule has 208 valence electrons. The highest BCUT2D eigenvalue weighted by Crippen LogP contribution is 2.30. The maximum atomic E-state index is 12.3. The maximum absolute atomic E-state index is 12.3. The molecule has 0 atom stereocenters. The molecule has 9 heteroatoms. The van der Waals surface area contributed by atoms with Crippen molar-refractivity contribution >= 4 is 51.0 Å². The van der Waals surface area contributed by atoms with Gasteiger partial charge < -0.3 is 21.1 Å². The summed E-state index contributed by atoms with van der Waals surface area (Å²) in [5.41, 5.74) is 3.91. The molecular formula is C32H30ClN5O3. The Kier molecular flexibility index (Phi) is 9.03. The van der Waals surface area contributed by atoms with Crippen molar-refractivity contribution in [2.24, 2.45) is 0 Å². The summed E-state index contributed by atoms with van der Waals surface area (Å²) in [6, 6.07) is 22.8. The normalized spacial score (nSPS) is 11.0. The number of hydrogen-bond acceptors (Lipinski definition) is 6. The van der Waals surface area contributed by atoms with E-state index < -0.39 is 5.97 Å². The molecule has 0 saturated carbocycles. The van der Waals surface area contributed by atoms with Gasteiger partial charge in [-0.1, -0.05) is 60.1 Å². The van der Waals surface area contributed by atoms with Crippen molar-refractivity contribution in [2.75, 3.05) is 25.0 Å². The van der Waals surface area contributed by atoms with E-state index >= 15 is 0 Å². The molecule has 0 aliphatic rings. The molecule has 0 saturated heterocycles. The Labute approximate surface area is 242 Å². The van der Waals surface area contributed by atoms with Crippen LogP contribution >= 0.6 is 11.6 Å². The number of benzene rings is 3. The van der Waals surface area contributed by atoms with Gasteiger partial charge in [0, 0.05) is 71.7 Å². The number of rotatable bonds is 12. The largest absolute Gasteiger partial charge is 0.478 e. The second-order valence-corrected chi connectivity index (χ2v) is 10.1. The molecule has 0 unspecified atom stereocenters. The Balaban J connectivity index is 1.05. The van der Waals surface area contributed by atoms with Gasteiger partial charge in [-0.25, -0.2) is 9.78 Å². The summed E-state index contributed by atoms with van der Waals surface area (Å²) in [5, 5.41) is 22.3. The fourth-order valence-electron chi connectivity index (χ4n) is 4.68. The Morgan fingerprint density at radius 3 is 2.54 bits per heavy atom. The zero-order chi connectivity index (χ0) is 28.6. The minimum Gasteiger partial charge on any atom is -0.478 e. The third kappa shape index (κ3) is 6.98. The molecule has 4 N–H and O–H groups in total. The number of carboxylic acids is 1. The number of pyridine rings is 2. The van der Waals surface area contributed by atoms with E-state index in [0.29, 0.717) is 55.4 Å². The summed E-state index contributed by atoms with van der Waals surface area (Å²) < 4.78 is 0. The predicted octanol–water partition coefficient (Wildman–Crippen LogP) is 5.90. The summed E-state index contributed by atoms with van der Waals surface area (Å²) >= 11 is 6.50. The summed E-state index contributed by atoms with van der Waals surface area (Å²) in [5.74, 6) is -0.358. The van der Waals surface area contributed by atoms with Gasteiger partial charge in [-0.15, -0.1) is 0 Å². The molecule has 5 rings (SSSR count). The average molecular weight is 568 g/mol. The van der Waals surface area contributed by atoms with Crippen LogP contribution in [0.15, 0.2) is 85.2 Å². The molecule has 2 aromatic heterocycles. The first kappa shape index (κ1) is 28.0. The van der Waals surface area contributed by atoms with Crippen LogP contribution in [0.3, 0.4) is 0 Å². The van der Waals surface area contributed by atoms with Gasteiger partial charge in [0.15, 0.2) is 0 Å². The van der Waals surface area contributed by atoms with Gasteiger partial charge in [0.05, 0.1) is 11.1 Å². The van der Waals surface area contributed by atoms with Crippen LogP contribution in [0.1, 0.15) is 28.8 Å². The molecule has 1 amide bonds. The number of carbonyl (C=O) groups is 2. The van der Waals surface area contributed by atoms with E-state index in [9.17, 15) is 14.7 Å². The molecule has 41 heavy (non-hydrogen) atoms. The smallest absolute Gasteiger partial charge is 0.335 e. The zero-order valence-corrected chi connectivity index (χ0v) is 23.1. The number of nitrogens with one attached hydrogen (secondary N) is 3. The van der Waals surface area contributed by atoms with E-state index in [0.717, 1.165) is 32.8 Å². The number of aromatic carboxylic acids is 1. The van der Waals surface area contributed by atoms with Crippen molar-refractivity contribution < 1.29 is 14.7 Å². The minimum absolute atomic E-state index is 0.0171. The van der Waals surface area contributed by atoms with Crippen LogP contribution in [-0.4, -0.2) is 46.6 Å². The molecule has 0 aliphatic heterocycles. The average Bonchev–Trinajstić information content (AvgIpc) is 2.99. The van der Waals surface area contributed by atoms with Crippen molar-refractivity contribution in [3.8, 4) is 11.1 Å². The second kappa shape index (κ2) is 13.2. The number of nitrogens with zero attached hydrogens (tertiary/aromatic N) is 2. The van der Waals surface area contributed by atoms with E-state index in [2.05, 4.69) is 25.9 Å². The van der Waals surface area contributed by atoms with E-state index in [1.165, 1.54) is 0 Å². The quantitative estimate of drug-likeness (QED) is 0.110. The Hall–Kier alpha value is -4.53. The summed E-state index contributed by atoms with van der Waals surface area (Å²) in [7, 11) is 0. The van der Waals surface area contributed by atoms with E-state index in [1.807, 2.05) is 54.6 Å². The molecule has 0 spiro atoms. The number of halogens is 1. The van der Waals surface area contributed by atoms with E-state index in [1.54, 1.807) is 30.6 Å². The predicted molar refractivity (Wildman–Crippen MR) is 163 cm³/mol. The first-order valence-corrected chi connectivity index (χ1v) is 13.8. The molecule has 2 heterocycles. The Morgan fingerprint density at radius 1 is 0.878 bits per heavy atom. The van der Waals surface area contributed by atoms with E-state index in [4.69, 9.17) is 11.6 Å². The number of carboxylic acid groups (broad SMARTS) is 1. The summed E-state index contributed by atoms with van der Waals surface area (Å²) in [6.07, 6.45) is 4.54. The fourth-order valence-corrected chi connectivity index (χ4v) is 4.99. The third-order valence-corrected chi connectivity index (χ3v) is 7.10. The molecule has 8 nitrogen and oxygen atoms in total. The van der Waals surface area contributed by atoms with Gasteiger partial charge in [-0.3, -0.25) is 9.78 Å². The number of amides is 1. The molecular weight excluding hydrogens is 538 g/mol. The number of carbonyl (C=O) groups excluding carboxylic acids is 1. The van der Waals surface area contributed by atoms with Crippen LogP contribution in [-0.2, 0) is 11.3 Å². The molecule has 0 aliphatic carbocycles. The first-order chi connectivity index (χ1) is 20.0. The number of fused-ring (bicyclic) bond motifs is 3. The van der Waals surface area contributed by atoms with E-state index in [-0.39, 0.29) is 11.5 Å². The standard InChI is InChI=1S/C32H30ClN5O3/c33-28-17-21(7-9-24(28)22-5-2-1-3-6-22)19-34-16-12-30(39)36-13-4-14-37-31-26-11-15-35-20-27(26)25-10-8-23(32(40)41)18-29(25)38-31/h1-3,5-11,15,17-18,20,34H,4,12-14,16,19H2,(H,36,39)(H,37,38)(H,40,41). The molecule has 0 fully saturated rings. The number of aromatic nitrogens is 2. The summed E-state index contributed by atoms with van der Waals surface area (Å²) in [6.45, 7) is 2.30. The van der Waals surface area contributed by atoms with Crippen molar-refractivity contribution in [3.63, 3.8) is 0 Å². The van der Waals surface area contributed by atoms with Gasteiger partial charge in [0.1, 0.15) is 5.82 Å². The zero-order valence-electron chi connectivity index (χ0n) is 22.4. The van der Waals surface area contributed by atoms with Crippen molar-refractivity contribution in [3.05, 3.63) is 101 Å². The van der Waals surface area contributed by atoms with Crippen molar-refractivity contribution in [2.45, 2.75) is 19.4 Å². The van der Waals surface area contributed by atoms with Crippen LogP contribution in [0.2, 0.25) is 5.02 Å². The second-order valence-electron chi connectivity index (χ2n) is 9.66. The third-order valence-electron chi connectivity index (χ3n) is 6.79. The maximum Gasteiger partial charge on any atom is 0.335 e. The number of anilines is 1. The summed E-state index contributed by atoms with van der Waals surface area (Å²) in [4.78, 5) is 32.6. The number of hydrogen-bond donors (Lipinski definition) is 4. The lowest BCUT2D eigenvalue weighted by atomic mass is 10.0. The van der Waals surface area contributed by atoms with Crippen molar-refractivity contribution in [1.82, 2.24) is 20.6 Å². The van der Waals surface area contributed by atoms with Gasteiger partial charge in [-0.05, 0) is 41.8 Å². The van der Waals surface area contributed by atoms with Crippen LogP contribution in [0.5, 0.6) is 0 Å². The van der Waals surface area contributed by atoms with Crippen LogP contribution in [0.4, 0.5) is 5.82 Å². The Bertz CT molecular complexity index is 1690. The van der Waals surface area contributed by atoms with Crippen molar-refractivity contribution in [1.29, 1.82) is 0 Å². The monoisotopic (exact) mass is 567 g/mol. The Morgan fingerprint density at radius 2 is 1.73 bits per heavy atom. The lowest BCUT2D eigenvalue weighted by Crippen LogP contribution is -2.29. The van der Waals surface area contributed by atoms with Crippen LogP contribution < -0.4 is 16.0 Å². The lowest BCUT2D eigenvalue weighted by molar-refractivity contribution is -0.121. The molecule has 0 bridgehead atoms. The highest BCUT2D eigenvalue weighted by atomic mass is 35.5. The van der Waals surface area contributed by atoms with Crippen LogP contribution in [0, 0.1) is 0 Å². The molecule has 0 radical (unpaired) electrons. The highest BCUT2D eigenvalue weighted by Gasteiger charge is 2.11. The fraction of sp³-hybridized carbons (Fsp3) is 0.188. The lowest BCUT2D eigenvalue weighted by Gasteiger charge is -2.12.